The molecule has 0 saturated heterocycles. The molecular weight excluding hydrogens is 390 g/mol. The Balaban J connectivity index is 1.65. The van der Waals surface area contributed by atoms with Crippen molar-refractivity contribution in [3.05, 3.63) is 144 Å². The number of aromatic nitrogens is 2. The van der Waals surface area contributed by atoms with E-state index in [0.717, 1.165) is 5.69 Å². The van der Waals surface area contributed by atoms with E-state index in [9.17, 15) is 0 Å². The summed E-state index contributed by atoms with van der Waals surface area (Å²) in [4.78, 5) is 8.68. The first-order chi connectivity index (χ1) is 15.9. The maximum atomic E-state index is 4.34. The fourth-order valence-electron chi connectivity index (χ4n) is 5.01. The molecule has 6 rings (SSSR count). The zero-order chi connectivity index (χ0) is 21.4. The fourth-order valence-corrected chi connectivity index (χ4v) is 5.01. The lowest BCUT2D eigenvalue weighted by molar-refractivity contribution is 0.769. The summed E-state index contributed by atoms with van der Waals surface area (Å²) >= 11 is 0. The number of hydrogen-bond donors (Lipinski definition) is 1. The molecule has 0 radical (unpaired) electrons. The fraction of sp³-hybridized carbons (Fsp3) is 0.0345. The summed E-state index contributed by atoms with van der Waals surface area (Å²) in [5.74, 6) is 0.591. The zero-order valence-corrected chi connectivity index (χ0v) is 17.4. The third-order valence-electron chi connectivity index (χ3n) is 6.28. The highest BCUT2D eigenvalue weighted by Crippen LogP contribution is 2.56. The van der Waals surface area contributed by atoms with E-state index < -0.39 is 5.41 Å². The van der Waals surface area contributed by atoms with Gasteiger partial charge in [-0.1, -0.05) is 91.0 Å². The van der Waals surface area contributed by atoms with Crippen LogP contribution in [0.15, 0.2) is 122 Å². The molecule has 1 aromatic heterocycles. The van der Waals surface area contributed by atoms with Gasteiger partial charge in [-0.3, -0.25) is 0 Å². The molecule has 0 atom stereocenters. The van der Waals surface area contributed by atoms with Crippen LogP contribution in [0.3, 0.4) is 0 Å². The standard InChI is InChI=1S/C29H21N3/c1-3-10-21(11-4-1)29(22-12-5-2-6-13-22)26-15-8-7-14-24(26)25-17-16-23(20-27(25)29)32-28-30-18-9-19-31-28/h1-20H,(H,30,31,32). The molecular formula is C29H21N3. The van der Waals surface area contributed by atoms with Gasteiger partial charge in [0.2, 0.25) is 5.95 Å². The molecule has 32 heavy (non-hydrogen) atoms. The smallest absolute Gasteiger partial charge is 0.227 e. The second-order valence-corrected chi connectivity index (χ2v) is 7.99. The molecule has 152 valence electrons. The Morgan fingerprint density at radius 3 is 1.81 bits per heavy atom. The predicted octanol–water partition coefficient (Wildman–Crippen LogP) is 6.58. The van der Waals surface area contributed by atoms with Crippen LogP contribution >= 0.6 is 0 Å². The van der Waals surface area contributed by atoms with E-state index in [2.05, 4.69) is 118 Å². The minimum atomic E-state index is -0.399. The first kappa shape index (κ1) is 18.5. The van der Waals surface area contributed by atoms with Crippen molar-refractivity contribution in [3.63, 3.8) is 0 Å². The summed E-state index contributed by atoms with van der Waals surface area (Å²) in [5, 5.41) is 3.38. The van der Waals surface area contributed by atoms with E-state index in [0.29, 0.717) is 5.95 Å². The second kappa shape index (κ2) is 7.47. The van der Waals surface area contributed by atoms with E-state index in [1.807, 2.05) is 6.07 Å². The van der Waals surface area contributed by atoms with Crippen LogP contribution in [0, 0.1) is 0 Å². The van der Waals surface area contributed by atoms with Gasteiger partial charge in [0.15, 0.2) is 0 Å². The van der Waals surface area contributed by atoms with Crippen molar-refractivity contribution in [1.29, 1.82) is 0 Å². The minimum Gasteiger partial charge on any atom is -0.324 e. The van der Waals surface area contributed by atoms with Crippen LogP contribution in [0.1, 0.15) is 22.3 Å². The maximum absolute atomic E-state index is 4.34. The lowest BCUT2D eigenvalue weighted by Crippen LogP contribution is -2.28. The summed E-state index contributed by atoms with van der Waals surface area (Å²) in [7, 11) is 0. The van der Waals surface area contributed by atoms with Crippen molar-refractivity contribution in [2.45, 2.75) is 5.41 Å². The van der Waals surface area contributed by atoms with Crippen LogP contribution in [0.2, 0.25) is 0 Å². The van der Waals surface area contributed by atoms with Gasteiger partial charge in [0, 0.05) is 18.1 Å². The predicted molar refractivity (Wildman–Crippen MR) is 129 cm³/mol. The number of rotatable bonds is 4. The van der Waals surface area contributed by atoms with E-state index >= 15 is 0 Å². The average Bonchev–Trinajstić information content (AvgIpc) is 3.16. The lowest BCUT2D eigenvalue weighted by atomic mass is 9.67. The van der Waals surface area contributed by atoms with E-state index in [-0.39, 0.29) is 0 Å². The molecule has 1 heterocycles. The number of nitrogens with zero attached hydrogens (tertiary/aromatic N) is 2. The Bertz CT molecular complexity index is 1340. The lowest BCUT2D eigenvalue weighted by Gasteiger charge is -2.34. The Hall–Kier alpha value is -4.24. The van der Waals surface area contributed by atoms with Crippen LogP contribution in [-0.2, 0) is 5.41 Å². The third-order valence-corrected chi connectivity index (χ3v) is 6.28. The summed E-state index contributed by atoms with van der Waals surface area (Å²) in [6, 6.07) is 38.8. The van der Waals surface area contributed by atoms with Gasteiger partial charge in [-0.05, 0) is 51.6 Å². The minimum absolute atomic E-state index is 0.399. The molecule has 0 unspecified atom stereocenters. The SMILES string of the molecule is c1ccc(C2(c3ccccc3)c3ccccc3-c3ccc(Nc4ncccn4)cc32)cc1. The zero-order valence-electron chi connectivity index (χ0n) is 17.4. The van der Waals surface area contributed by atoms with Crippen molar-refractivity contribution in [3.8, 4) is 11.1 Å². The van der Waals surface area contributed by atoms with Gasteiger partial charge in [0.25, 0.3) is 0 Å². The number of hydrogen-bond acceptors (Lipinski definition) is 3. The molecule has 1 aliphatic rings. The summed E-state index contributed by atoms with van der Waals surface area (Å²) in [5.41, 5.74) is 8.18. The van der Waals surface area contributed by atoms with Crippen molar-refractivity contribution in [1.82, 2.24) is 9.97 Å². The molecule has 1 N–H and O–H groups in total. The number of anilines is 2. The molecule has 4 aromatic carbocycles. The highest BCUT2D eigenvalue weighted by atomic mass is 15.1. The largest absolute Gasteiger partial charge is 0.324 e. The molecule has 1 aliphatic carbocycles. The Morgan fingerprint density at radius 1 is 0.531 bits per heavy atom. The van der Waals surface area contributed by atoms with Gasteiger partial charge in [0.1, 0.15) is 0 Å². The van der Waals surface area contributed by atoms with E-state index in [1.165, 1.54) is 33.4 Å². The van der Waals surface area contributed by atoms with Crippen molar-refractivity contribution in [2.24, 2.45) is 0 Å². The second-order valence-electron chi connectivity index (χ2n) is 7.99. The summed E-state index contributed by atoms with van der Waals surface area (Å²) < 4.78 is 0. The van der Waals surface area contributed by atoms with Gasteiger partial charge >= 0.3 is 0 Å². The monoisotopic (exact) mass is 411 g/mol. The van der Waals surface area contributed by atoms with Crippen LogP contribution in [-0.4, -0.2) is 9.97 Å². The summed E-state index contributed by atoms with van der Waals surface area (Å²) in [6.07, 6.45) is 3.49. The van der Waals surface area contributed by atoms with Crippen LogP contribution in [0.25, 0.3) is 11.1 Å². The molecule has 3 nitrogen and oxygen atoms in total. The molecule has 0 aliphatic heterocycles. The molecule has 0 saturated carbocycles. The highest BCUT2D eigenvalue weighted by Gasteiger charge is 2.45. The van der Waals surface area contributed by atoms with Crippen LogP contribution in [0.4, 0.5) is 11.6 Å². The van der Waals surface area contributed by atoms with Gasteiger partial charge in [0.05, 0.1) is 5.41 Å². The Kier molecular flexibility index (Phi) is 4.32. The quantitative estimate of drug-likeness (QED) is 0.356. The topological polar surface area (TPSA) is 37.8 Å². The Labute approximate surface area is 187 Å². The van der Waals surface area contributed by atoms with Crippen molar-refractivity contribution >= 4 is 11.6 Å². The average molecular weight is 412 g/mol. The number of nitrogens with one attached hydrogen (secondary N) is 1. The normalized spacial score (nSPS) is 13.2. The van der Waals surface area contributed by atoms with Crippen LogP contribution in [0.5, 0.6) is 0 Å². The number of benzene rings is 4. The first-order valence-corrected chi connectivity index (χ1v) is 10.8. The third kappa shape index (κ3) is 2.75. The molecule has 0 bridgehead atoms. The van der Waals surface area contributed by atoms with Gasteiger partial charge < -0.3 is 5.32 Å². The molecule has 0 amide bonds. The highest BCUT2D eigenvalue weighted by molar-refractivity contribution is 5.87. The van der Waals surface area contributed by atoms with Gasteiger partial charge in [-0.2, -0.15) is 0 Å². The maximum Gasteiger partial charge on any atom is 0.227 e. The van der Waals surface area contributed by atoms with Crippen molar-refractivity contribution in [2.75, 3.05) is 5.32 Å². The summed E-state index contributed by atoms with van der Waals surface area (Å²) in [6.45, 7) is 0. The number of fused-ring (bicyclic) bond motifs is 3. The molecule has 5 aromatic rings. The Morgan fingerprint density at radius 2 is 1.12 bits per heavy atom. The van der Waals surface area contributed by atoms with Crippen LogP contribution < -0.4 is 5.32 Å². The van der Waals surface area contributed by atoms with E-state index in [1.54, 1.807) is 12.4 Å². The molecule has 0 spiro atoms. The van der Waals surface area contributed by atoms with Gasteiger partial charge in [-0.15, -0.1) is 0 Å². The van der Waals surface area contributed by atoms with Gasteiger partial charge in [-0.25, -0.2) is 9.97 Å². The molecule has 0 fully saturated rings. The first-order valence-electron chi connectivity index (χ1n) is 10.8. The molecule has 3 heteroatoms. The van der Waals surface area contributed by atoms with Crippen molar-refractivity contribution < 1.29 is 0 Å². The van der Waals surface area contributed by atoms with E-state index in [4.69, 9.17) is 0 Å².